The fourth-order valence-corrected chi connectivity index (χ4v) is 1.14. The Labute approximate surface area is 72.2 Å². The van der Waals surface area contributed by atoms with Gasteiger partial charge >= 0.3 is 15.5 Å². The van der Waals surface area contributed by atoms with Crippen molar-refractivity contribution in [2.45, 2.75) is 11.6 Å². The van der Waals surface area contributed by atoms with E-state index in [1.165, 1.54) is 0 Å². The Bertz CT molecular complexity index is 245. The highest BCUT2D eigenvalue weighted by Gasteiger charge is 2.46. The maximum absolute atomic E-state index is 11.7. The van der Waals surface area contributed by atoms with Gasteiger partial charge in [-0.2, -0.15) is 17.9 Å². The Morgan fingerprint density at radius 2 is 1.62 bits per heavy atom. The predicted octanol–water partition coefficient (Wildman–Crippen LogP) is -1.22. The summed E-state index contributed by atoms with van der Waals surface area (Å²) in [6.07, 6.45) is 0. The lowest BCUT2D eigenvalue weighted by atomic mass is 10.4. The molecule has 0 saturated heterocycles. The summed E-state index contributed by atoms with van der Waals surface area (Å²) in [4.78, 5) is 0. The van der Waals surface area contributed by atoms with E-state index in [0.717, 1.165) is 4.72 Å². The quantitative estimate of drug-likeness (QED) is 0.557. The molecule has 0 aliphatic carbocycles. The molecule has 0 aromatic rings. The van der Waals surface area contributed by atoms with Gasteiger partial charge in [-0.1, -0.05) is 0 Å². The molecule has 0 aliphatic rings. The molecule has 0 aliphatic heterocycles. The minimum atomic E-state index is -5.49. The minimum Gasteiger partial charge on any atom is -0.395 e. The number of rotatable bonds is 4. The van der Waals surface area contributed by atoms with Crippen LogP contribution in [0.15, 0.2) is 0 Å². The first-order valence-electron chi connectivity index (χ1n) is 3.05. The zero-order valence-electron chi connectivity index (χ0n) is 6.24. The van der Waals surface area contributed by atoms with E-state index in [2.05, 4.69) is 0 Å². The predicted molar refractivity (Wildman–Crippen MR) is 36.1 cm³/mol. The van der Waals surface area contributed by atoms with Crippen LogP contribution in [0.4, 0.5) is 13.2 Å². The zero-order valence-corrected chi connectivity index (χ0v) is 7.06. The van der Waals surface area contributed by atoms with Crippen molar-refractivity contribution in [3.8, 4) is 0 Å². The Balaban J connectivity index is 4.52. The maximum atomic E-state index is 11.7. The molecule has 0 fully saturated rings. The first kappa shape index (κ1) is 12.6. The third-order valence-corrected chi connectivity index (χ3v) is 2.32. The van der Waals surface area contributed by atoms with E-state index < -0.39 is 34.8 Å². The molecule has 0 saturated carbocycles. The van der Waals surface area contributed by atoms with E-state index in [9.17, 15) is 21.6 Å². The molecule has 0 aromatic carbocycles. The smallest absolute Gasteiger partial charge is 0.395 e. The van der Waals surface area contributed by atoms with Gasteiger partial charge in [-0.15, -0.1) is 0 Å². The Morgan fingerprint density at radius 3 is 1.85 bits per heavy atom. The number of alkyl halides is 3. The maximum Gasteiger partial charge on any atom is 0.511 e. The monoisotopic (exact) mass is 223 g/mol. The van der Waals surface area contributed by atoms with Gasteiger partial charge in [0.15, 0.2) is 0 Å². The SMILES string of the molecule is O=S(=O)(NC(CO)CO)C(F)(F)F. The summed E-state index contributed by atoms with van der Waals surface area (Å²) in [7, 11) is -5.49. The highest BCUT2D eigenvalue weighted by molar-refractivity contribution is 7.90. The fraction of sp³-hybridized carbons (Fsp3) is 1.00. The molecule has 0 bridgehead atoms. The molecule has 0 radical (unpaired) electrons. The van der Waals surface area contributed by atoms with Crippen LogP contribution in [0.3, 0.4) is 0 Å². The second-order valence-corrected chi connectivity index (χ2v) is 3.83. The lowest BCUT2D eigenvalue weighted by Gasteiger charge is -2.14. The van der Waals surface area contributed by atoms with Gasteiger partial charge in [0.2, 0.25) is 0 Å². The molecule has 0 unspecified atom stereocenters. The van der Waals surface area contributed by atoms with Gasteiger partial charge in [0.25, 0.3) is 0 Å². The van der Waals surface area contributed by atoms with Gasteiger partial charge in [-0.3, -0.25) is 0 Å². The van der Waals surface area contributed by atoms with E-state index >= 15 is 0 Å². The Hall–Kier alpha value is -0.380. The normalized spacial score (nSPS) is 13.7. The summed E-state index contributed by atoms with van der Waals surface area (Å²) in [5, 5.41) is 16.6. The molecule has 0 amide bonds. The molecule has 0 rings (SSSR count). The fourth-order valence-electron chi connectivity index (χ4n) is 0.419. The van der Waals surface area contributed by atoms with Gasteiger partial charge in [0.1, 0.15) is 0 Å². The van der Waals surface area contributed by atoms with Crippen LogP contribution < -0.4 is 4.72 Å². The number of hydrogen-bond acceptors (Lipinski definition) is 4. The van der Waals surface area contributed by atoms with Gasteiger partial charge in [-0.25, -0.2) is 8.42 Å². The van der Waals surface area contributed by atoms with Crippen LogP contribution in [-0.2, 0) is 10.0 Å². The molecule has 5 nitrogen and oxygen atoms in total. The first-order chi connectivity index (χ1) is 5.74. The lowest BCUT2D eigenvalue weighted by Crippen LogP contribution is -2.46. The average Bonchev–Trinajstić information content (AvgIpc) is 1.98. The van der Waals surface area contributed by atoms with E-state index in [0.29, 0.717) is 0 Å². The molecule has 80 valence electrons. The number of hydrogen-bond donors (Lipinski definition) is 3. The second-order valence-electron chi connectivity index (χ2n) is 2.13. The third kappa shape index (κ3) is 3.46. The number of halogens is 3. The van der Waals surface area contributed by atoms with Crippen molar-refractivity contribution in [2.24, 2.45) is 0 Å². The van der Waals surface area contributed by atoms with Gasteiger partial charge in [-0.05, 0) is 0 Å². The first-order valence-corrected chi connectivity index (χ1v) is 4.53. The van der Waals surface area contributed by atoms with Crippen molar-refractivity contribution in [1.29, 1.82) is 0 Å². The van der Waals surface area contributed by atoms with Crippen molar-refractivity contribution in [2.75, 3.05) is 13.2 Å². The molecule has 3 N–H and O–H groups in total. The number of aliphatic hydroxyl groups excluding tert-OH is 2. The van der Waals surface area contributed by atoms with Crippen molar-refractivity contribution in [3.63, 3.8) is 0 Å². The molecule has 0 spiro atoms. The summed E-state index contributed by atoms with van der Waals surface area (Å²) < 4.78 is 56.7. The zero-order chi connectivity index (χ0) is 10.7. The second kappa shape index (κ2) is 4.22. The van der Waals surface area contributed by atoms with Crippen LogP contribution in [0.1, 0.15) is 0 Å². The van der Waals surface area contributed by atoms with Crippen molar-refractivity contribution in [1.82, 2.24) is 4.72 Å². The Morgan fingerprint density at radius 1 is 1.23 bits per heavy atom. The molecular weight excluding hydrogens is 215 g/mol. The van der Waals surface area contributed by atoms with Crippen LogP contribution in [0, 0.1) is 0 Å². The van der Waals surface area contributed by atoms with Crippen molar-refractivity contribution < 1.29 is 31.8 Å². The van der Waals surface area contributed by atoms with Gasteiger partial charge in [0.05, 0.1) is 19.3 Å². The minimum absolute atomic E-state index is 0.911. The summed E-state index contributed by atoms with van der Waals surface area (Å²) in [5.74, 6) is 0. The highest BCUT2D eigenvalue weighted by Crippen LogP contribution is 2.21. The largest absolute Gasteiger partial charge is 0.511 e. The summed E-state index contributed by atoms with van der Waals surface area (Å²) >= 11 is 0. The molecule has 13 heavy (non-hydrogen) atoms. The van der Waals surface area contributed by atoms with Crippen molar-refractivity contribution >= 4 is 10.0 Å². The average molecular weight is 223 g/mol. The molecular formula is C4H8F3NO4S. The van der Waals surface area contributed by atoms with Gasteiger partial charge in [0, 0.05) is 0 Å². The van der Waals surface area contributed by atoms with Gasteiger partial charge < -0.3 is 10.2 Å². The number of sulfonamides is 1. The molecule has 0 atom stereocenters. The topological polar surface area (TPSA) is 86.6 Å². The number of aliphatic hydroxyl groups is 2. The molecule has 0 aromatic heterocycles. The van der Waals surface area contributed by atoms with E-state index in [1.54, 1.807) is 0 Å². The van der Waals surface area contributed by atoms with Crippen molar-refractivity contribution in [3.05, 3.63) is 0 Å². The van der Waals surface area contributed by atoms with Crippen LogP contribution in [0.25, 0.3) is 0 Å². The highest BCUT2D eigenvalue weighted by atomic mass is 32.2. The Kier molecular flexibility index (Phi) is 4.10. The van der Waals surface area contributed by atoms with Crippen LogP contribution in [0.5, 0.6) is 0 Å². The standard InChI is InChI=1S/C4H8F3NO4S/c5-4(6,7)13(11,12)8-3(1-9)2-10/h3,8-10H,1-2H2. The lowest BCUT2D eigenvalue weighted by molar-refractivity contribution is -0.0454. The van der Waals surface area contributed by atoms with E-state index in [-0.39, 0.29) is 0 Å². The van der Waals surface area contributed by atoms with Crippen LogP contribution >= 0.6 is 0 Å². The summed E-state index contributed by atoms with van der Waals surface area (Å²) in [5.41, 5.74) is -5.43. The molecule has 9 heteroatoms. The summed E-state index contributed by atoms with van der Waals surface area (Å²) in [6, 6.07) is -1.54. The van der Waals surface area contributed by atoms with E-state index in [4.69, 9.17) is 10.2 Å². The van der Waals surface area contributed by atoms with Crippen LogP contribution in [0.2, 0.25) is 0 Å². The third-order valence-electron chi connectivity index (χ3n) is 1.07. The van der Waals surface area contributed by atoms with Crippen LogP contribution in [-0.4, -0.2) is 43.4 Å². The molecule has 0 heterocycles. The number of nitrogens with one attached hydrogen (secondary N) is 1. The summed E-state index contributed by atoms with van der Waals surface area (Å²) in [6.45, 7) is -1.82. The van der Waals surface area contributed by atoms with E-state index in [1.807, 2.05) is 0 Å².